The number of rotatable bonds is 3. The average Bonchev–Trinajstić information content (AvgIpc) is 2.73. The molecule has 0 aromatic heterocycles. The minimum absolute atomic E-state index is 0.0193. The van der Waals surface area contributed by atoms with Crippen molar-refractivity contribution in [2.45, 2.75) is 12.5 Å². The summed E-state index contributed by atoms with van der Waals surface area (Å²) in [6.07, 6.45) is 0.0193. The fourth-order valence-corrected chi connectivity index (χ4v) is 3.13. The Morgan fingerprint density at radius 3 is 2.00 bits per heavy atom. The quantitative estimate of drug-likeness (QED) is 0.505. The van der Waals surface area contributed by atoms with Gasteiger partial charge in [-0.1, -0.05) is 0 Å². The monoisotopic (exact) mass is 243 g/mol. The summed E-state index contributed by atoms with van der Waals surface area (Å²) in [6.45, 7) is 0.252. The largest absolute Gasteiger partial charge is 0.481 e. The first kappa shape index (κ1) is 11.8. The number of carbonyl (C=O) groups is 3. The molecule has 1 saturated carbocycles. The van der Waals surface area contributed by atoms with Crippen molar-refractivity contribution in [3.8, 4) is 0 Å². The second-order valence-electron chi connectivity index (χ2n) is 4.59. The molecule has 2 aliphatic rings. The molecule has 7 heteroatoms. The molecule has 1 aliphatic carbocycles. The van der Waals surface area contributed by atoms with Gasteiger partial charge in [0.05, 0.1) is 11.8 Å². The van der Waals surface area contributed by atoms with Crippen LogP contribution in [0.2, 0.25) is 0 Å². The molecule has 17 heavy (non-hydrogen) atoms. The van der Waals surface area contributed by atoms with E-state index in [1.807, 2.05) is 0 Å². The van der Waals surface area contributed by atoms with Crippen LogP contribution in [0, 0.1) is 23.7 Å². The van der Waals surface area contributed by atoms with Crippen molar-refractivity contribution < 1.29 is 29.7 Å². The van der Waals surface area contributed by atoms with Crippen molar-refractivity contribution in [1.29, 1.82) is 0 Å². The Bertz CT molecular complexity index is 369. The lowest BCUT2D eigenvalue weighted by Crippen LogP contribution is -2.39. The molecule has 94 valence electrons. The van der Waals surface area contributed by atoms with Crippen molar-refractivity contribution >= 4 is 17.9 Å². The fourth-order valence-electron chi connectivity index (χ4n) is 3.13. The summed E-state index contributed by atoms with van der Waals surface area (Å²) in [4.78, 5) is 33.1. The predicted molar refractivity (Wildman–Crippen MR) is 53.3 cm³/mol. The van der Waals surface area contributed by atoms with E-state index in [-0.39, 0.29) is 13.0 Å². The van der Waals surface area contributed by atoms with E-state index >= 15 is 0 Å². The second-order valence-corrected chi connectivity index (χ2v) is 4.59. The molecular formula is C10H13NO6. The highest BCUT2D eigenvalue weighted by Crippen LogP contribution is 2.46. The highest BCUT2D eigenvalue weighted by atomic mass is 16.4. The first-order chi connectivity index (χ1) is 7.93. The molecule has 5 unspecified atom stereocenters. The van der Waals surface area contributed by atoms with Crippen LogP contribution in [0.4, 0.5) is 0 Å². The van der Waals surface area contributed by atoms with E-state index in [1.165, 1.54) is 0 Å². The SMILES string of the molecule is O=C(O)C1CC(C(=O)O)C2C(C(=O)O)NCC12. The van der Waals surface area contributed by atoms with Gasteiger partial charge in [0.2, 0.25) is 0 Å². The lowest BCUT2D eigenvalue weighted by Gasteiger charge is -2.18. The van der Waals surface area contributed by atoms with Gasteiger partial charge in [0, 0.05) is 5.92 Å². The summed E-state index contributed by atoms with van der Waals surface area (Å²) in [6, 6.07) is -0.953. The van der Waals surface area contributed by atoms with E-state index in [0.29, 0.717) is 0 Å². The molecule has 0 amide bonds. The van der Waals surface area contributed by atoms with Crippen LogP contribution in [0.1, 0.15) is 6.42 Å². The van der Waals surface area contributed by atoms with Gasteiger partial charge in [0.1, 0.15) is 6.04 Å². The van der Waals surface area contributed by atoms with Gasteiger partial charge in [-0.25, -0.2) is 0 Å². The number of nitrogens with one attached hydrogen (secondary N) is 1. The van der Waals surface area contributed by atoms with Crippen molar-refractivity contribution in [1.82, 2.24) is 5.32 Å². The fraction of sp³-hybridized carbons (Fsp3) is 0.700. The summed E-state index contributed by atoms with van der Waals surface area (Å²) in [5.41, 5.74) is 0. The Morgan fingerprint density at radius 1 is 0.941 bits per heavy atom. The van der Waals surface area contributed by atoms with Crippen LogP contribution in [-0.2, 0) is 14.4 Å². The molecule has 0 radical (unpaired) electrons. The molecule has 0 aromatic rings. The Hall–Kier alpha value is -1.63. The molecule has 2 fully saturated rings. The van der Waals surface area contributed by atoms with Gasteiger partial charge in [-0.05, 0) is 18.9 Å². The normalized spacial score (nSPS) is 39.9. The van der Waals surface area contributed by atoms with Crippen LogP contribution in [0.3, 0.4) is 0 Å². The van der Waals surface area contributed by atoms with Gasteiger partial charge >= 0.3 is 17.9 Å². The molecule has 7 nitrogen and oxygen atoms in total. The molecule has 1 heterocycles. The molecule has 0 spiro atoms. The average molecular weight is 243 g/mol. The van der Waals surface area contributed by atoms with Crippen molar-refractivity contribution in [2.24, 2.45) is 23.7 Å². The lowest BCUT2D eigenvalue weighted by atomic mass is 9.85. The summed E-state index contributed by atoms with van der Waals surface area (Å²) >= 11 is 0. The smallest absolute Gasteiger partial charge is 0.321 e. The highest BCUT2D eigenvalue weighted by molar-refractivity contribution is 5.80. The Morgan fingerprint density at radius 2 is 1.53 bits per heavy atom. The van der Waals surface area contributed by atoms with E-state index in [1.54, 1.807) is 0 Å². The molecule has 0 aromatic carbocycles. The third-order valence-corrected chi connectivity index (χ3v) is 3.84. The van der Waals surface area contributed by atoms with E-state index in [4.69, 9.17) is 15.3 Å². The van der Waals surface area contributed by atoms with E-state index < -0.39 is 47.6 Å². The van der Waals surface area contributed by atoms with Crippen LogP contribution in [0.15, 0.2) is 0 Å². The van der Waals surface area contributed by atoms with E-state index in [0.717, 1.165) is 0 Å². The molecule has 1 saturated heterocycles. The first-order valence-electron chi connectivity index (χ1n) is 5.35. The maximum absolute atomic E-state index is 11.1. The summed E-state index contributed by atoms with van der Waals surface area (Å²) < 4.78 is 0. The maximum Gasteiger partial charge on any atom is 0.321 e. The summed E-state index contributed by atoms with van der Waals surface area (Å²) in [5.74, 6) is -5.97. The molecule has 1 aliphatic heterocycles. The van der Waals surface area contributed by atoms with E-state index in [2.05, 4.69) is 5.32 Å². The zero-order valence-corrected chi connectivity index (χ0v) is 8.87. The number of hydrogen-bond donors (Lipinski definition) is 4. The van der Waals surface area contributed by atoms with Gasteiger partial charge in [-0.2, -0.15) is 0 Å². The van der Waals surface area contributed by atoms with Gasteiger partial charge in [0.25, 0.3) is 0 Å². The lowest BCUT2D eigenvalue weighted by molar-refractivity contribution is -0.145. The maximum atomic E-state index is 11.1. The predicted octanol–water partition coefficient (Wildman–Crippen LogP) is -0.919. The molecule has 5 atom stereocenters. The van der Waals surface area contributed by atoms with Crippen molar-refractivity contribution in [3.63, 3.8) is 0 Å². The topological polar surface area (TPSA) is 124 Å². The number of carboxylic acids is 3. The minimum atomic E-state index is -1.12. The van der Waals surface area contributed by atoms with E-state index in [9.17, 15) is 14.4 Å². The van der Waals surface area contributed by atoms with Gasteiger partial charge in [-0.3, -0.25) is 14.4 Å². The van der Waals surface area contributed by atoms with Gasteiger partial charge in [-0.15, -0.1) is 0 Å². The summed E-state index contributed by atoms with van der Waals surface area (Å²) in [7, 11) is 0. The molecule has 4 N–H and O–H groups in total. The Kier molecular flexibility index (Phi) is 2.78. The Balaban J connectivity index is 2.29. The number of aliphatic carboxylic acids is 3. The summed E-state index contributed by atoms with van der Waals surface area (Å²) in [5, 5.41) is 29.7. The van der Waals surface area contributed by atoms with Crippen molar-refractivity contribution in [2.75, 3.05) is 6.54 Å². The molecule has 0 bridgehead atoms. The second kappa shape index (κ2) is 3.99. The third-order valence-electron chi connectivity index (χ3n) is 3.84. The van der Waals surface area contributed by atoms with Gasteiger partial charge < -0.3 is 20.6 Å². The Labute approximate surface area is 96.4 Å². The van der Waals surface area contributed by atoms with Crippen LogP contribution in [-0.4, -0.2) is 45.8 Å². The molecule has 2 rings (SSSR count). The zero-order chi connectivity index (χ0) is 12.7. The standard InChI is InChI=1S/C10H13NO6/c12-8(13)3-1-4(9(14)15)6-5(3)2-11-7(6)10(16)17/h3-7,11H,1-2H2,(H,12,13)(H,14,15)(H,16,17). The number of hydrogen-bond acceptors (Lipinski definition) is 4. The minimum Gasteiger partial charge on any atom is -0.481 e. The number of fused-ring (bicyclic) bond motifs is 1. The number of carboxylic acid groups (broad SMARTS) is 3. The highest BCUT2D eigenvalue weighted by Gasteiger charge is 2.57. The van der Waals surface area contributed by atoms with Crippen LogP contribution < -0.4 is 5.32 Å². The third kappa shape index (κ3) is 1.76. The van der Waals surface area contributed by atoms with Gasteiger partial charge in [0.15, 0.2) is 0 Å². The first-order valence-corrected chi connectivity index (χ1v) is 5.35. The van der Waals surface area contributed by atoms with Crippen molar-refractivity contribution in [3.05, 3.63) is 0 Å². The zero-order valence-electron chi connectivity index (χ0n) is 8.87. The van der Waals surface area contributed by atoms with Crippen LogP contribution in [0.25, 0.3) is 0 Å². The van der Waals surface area contributed by atoms with Crippen LogP contribution >= 0.6 is 0 Å². The van der Waals surface area contributed by atoms with Crippen LogP contribution in [0.5, 0.6) is 0 Å². The molecular weight excluding hydrogens is 230 g/mol.